The molecule has 0 bridgehead atoms. The lowest BCUT2D eigenvalue weighted by Crippen LogP contribution is -2.47. The molecule has 0 aromatic heterocycles. The van der Waals surface area contributed by atoms with E-state index in [1.807, 2.05) is 39.0 Å². The van der Waals surface area contributed by atoms with E-state index in [2.05, 4.69) is 10.6 Å². The van der Waals surface area contributed by atoms with E-state index in [1.165, 1.54) is 0 Å². The molecular formula is C18H25N3O3S. The molecule has 1 aliphatic heterocycles. The predicted molar refractivity (Wildman–Crippen MR) is 102 cm³/mol. The lowest BCUT2D eigenvalue weighted by molar-refractivity contribution is -0.127. The first-order valence-corrected chi connectivity index (χ1v) is 8.67. The molecule has 1 aromatic carbocycles. The van der Waals surface area contributed by atoms with E-state index in [9.17, 15) is 4.79 Å². The van der Waals surface area contributed by atoms with Gasteiger partial charge in [-0.25, -0.2) is 0 Å². The van der Waals surface area contributed by atoms with E-state index < -0.39 is 6.04 Å². The van der Waals surface area contributed by atoms with Crippen molar-refractivity contribution in [3.63, 3.8) is 0 Å². The number of hydrogen-bond donors (Lipinski definition) is 2. The SMILES string of the molecule is CCN(CC)C(=O)C1=C(C)NC(=S)N[C@@H]1c1cccc(OC)c1OC. The molecule has 1 heterocycles. The topological polar surface area (TPSA) is 62.8 Å². The number of likely N-dealkylation sites (N-methyl/N-ethyl adjacent to an activating group) is 1. The minimum Gasteiger partial charge on any atom is -0.493 e. The van der Waals surface area contributed by atoms with Gasteiger partial charge in [0.1, 0.15) is 0 Å². The zero-order valence-electron chi connectivity index (χ0n) is 15.3. The molecule has 0 fully saturated rings. The number of methoxy groups -OCH3 is 2. The molecule has 0 saturated heterocycles. The molecule has 0 saturated carbocycles. The van der Waals surface area contributed by atoms with Gasteiger partial charge in [-0.15, -0.1) is 0 Å². The van der Waals surface area contributed by atoms with Gasteiger partial charge in [0, 0.05) is 24.4 Å². The standard InChI is InChI=1S/C18H25N3O3S/c1-6-21(7-2)17(22)14-11(3)19-18(25)20-15(14)12-9-8-10-13(23-4)16(12)24-5/h8-10,15H,6-7H2,1-5H3,(H2,19,20,25)/t15-/m1/s1. The largest absolute Gasteiger partial charge is 0.493 e. The van der Waals surface area contributed by atoms with Crippen molar-refractivity contribution < 1.29 is 14.3 Å². The molecule has 1 aromatic rings. The van der Waals surface area contributed by atoms with Gasteiger partial charge in [-0.2, -0.15) is 0 Å². The van der Waals surface area contributed by atoms with Gasteiger partial charge in [-0.1, -0.05) is 12.1 Å². The highest BCUT2D eigenvalue weighted by Gasteiger charge is 2.34. The second kappa shape index (κ2) is 8.20. The summed E-state index contributed by atoms with van der Waals surface area (Å²) in [5.41, 5.74) is 2.18. The summed E-state index contributed by atoms with van der Waals surface area (Å²) < 4.78 is 11.0. The van der Waals surface area contributed by atoms with Crippen molar-refractivity contribution in [2.45, 2.75) is 26.8 Å². The van der Waals surface area contributed by atoms with Crippen molar-refractivity contribution >= 4 is 23.2 Å². The Morgan fingerprint density at radius 3 is 2.48 bits per heavy atom. The van der Waals surface area contributed by atoms with Crippen LogP contribution >= 0.6 is 12.2 Å². The fraction of sp³-hybridized carbons (Fsp3) is 0.444. The molecule has 2 N–H and O–H groups in total. The lowest BCUT2D eigenvalue weighted by atomic mass is 9.93. The summed E-state index contributed by atoms with van der Waals surface area (Å²) in [5, 5.41) is 6.74. The molecular weight excluding hydrogens is 338 g/mol. The van der Waals surface area contributed by atoms with Crippen molar-refractivity contribution in [3.8, 4) is 11.5 Å². The monoisotopic (exact) mass is 363 g/mol. The van der Waals surface area contributed by atoms with E-state index in [4.69, 9.17) is 21.7 Å². The minimum atomic E-state index is -0.410. The van der Waals surface area contributed by atoms with E-state index in [0.717, 1.165) is 11.3 Å². The van der Waals surface area contributed by atoms with Crippen molar-refractivity contribution in [2.75, 3.05) is 27.3 Å². The molecule has 6 nitrogen and oxygen atoms in total. The molecule has 0 unspecified atom stereocenters. The molecule has 2 rings (SSSR count). The number of amides is 1. The van der Waals surface area contributed by atoms with Crippen LogP contribution in [0.3, 0.4) is 0 Å². The number of nitrogens with zero attached hydrogens (tertiary/aromatic N) is 1. The Hall–Kier alpha value is -2.28. The minimum absolute atomic E-state index is 0.0279. The molecule has 1 atom stereocenters. The Morgan fingerprint density at radius 2 is 1.92 bits per heavy atom. The first-order valence-electron chi connectivity index (χ1n) is 8.26. The molecule has 136 valence electrons. The van der Waals surface area contributed by atoms with Crippen molar-refractivity contribution in [2.24, 2.45) is 0 Å². The molecule has 0 radical (unpaired) electrons. The van der Waals surface area contributed by atoms with Crippen LogP contribution in [0.1, 0.15) is 32.4 Å². The predicted octanol–water partition coefficient (Wildman–Crippen LogP) is 2.37. The summed E-state index contributed by atoms with van der Waals surface area (Å²) in [6.45, 7) is 7.07. The maximum absolute atomic E-state index is 13.1. The van der Waals surface area contributed by atoms with Crippen LogP contribution in [0.2, 0.25) is 0 Å². The third kappa shape index (κ3) is 3.71. The summed E-state index contributed by atoms with van der Waals surface area (Å²) in [7, 11) is 3.17. The number of carbonyl (C=O) groups is 1. The fourth-order valence-corrected chi connectivity index (χ4v) is 3.30. The lowest BCUT2D eigenvalue weighted by Gasteiger charge is -2.33. The molecule has 1 aliphatic rings. The van der Waals surface area contributed by atoms with Crippen LogP contribution in [0, 0.1) is 0 Å². The number of hydrogen-bond acceptors (Lipinski definition) is 4. The Bertz CT molecular complexity index is 699. The second-order valence-corrected chi connectivity index (χ2v) is 6.04. The molecule has 25 heavy (non-hydrogen) atoms. The maximum atomic E-state index is 13.1. The highest BCUT2D eigenvalue weighted by Crippen LogP contribution is 2.39. The molecule has 0 aliphatic carbocycles. The smallest absolute Gasteiger partial charge is 0.253 e. The van der Waals surface area contributed by atoms with Gasteiger partial charge in [0.05, 0.1) is 25.8 Å². The van der Waals surface area contributed by atoms with Crippen molar-refractivity contribution in [1.82, 2.24) is 15.5 Å². The van der Waals surface area contributed by atoms with Crippen LogP contribution in [-0.4, -0.2) is 43.2 Å². The zero-order chi connectivity index (χ0) is 18.6. The van der Waals surface area contributed by atoms with Crippen molar-refractivity contribution in [1.29, 1.82) is 0 Å². The van der Waals surface area contributed by atoms with Gasteiger partial charge in [-0.3, -0.25) is 4.79 Å². The summed E-state index contributed by atoms with van der Waals surface area (Å²) in [4.78, 5) is 14.9. The zero-order valence-corrected chi connectivity index (χ0v) is 16.1. The van der Waals surface area contributed by atoms with Gasteiger partial charge < -0.3 is 25.0 Å². The average molecular weight is 363 g/mol. The molecule has 7 heteroatoms. The van der Waals surface area contributed by atoms with Gasteiger partial charge >= 0.3 is 0 Å². The summed E-state index contributed by atoms with van der Waals surface area (Å²) in [6, 6.07) is 5.20. The first kappa shape index (κ1) is 19.1. The van der Waals surface area contributed by atoms with Crippen LogP contribution in [0.15, 0.2) is 29.5 Å². The Morgan fingerprint density at radius 1 is 1.24 bits per heavy atom. The van der Waals surface area contributed by atoms with Gasteiger partial charge in [0.15, 0.2) is 16.6 Å². The number of nitrogens with one attached hydrogen (secondary N) is 2. The van der Waals surface area contributed by atoms with Crippen LogP contribution < -0.4 is 20.1 Å². The third-order valence-electron chi connectivity index (χ3n) is 4.29. The molecule has 0 spiro atoms. The molecule has 1 amide bonds. The number of carbonyl (C=O) groups excluding carboxylic acids is 1. The number of thiocarbonyl (C=S) groups is 1. The van der Waals surface area contributed by atoms with E-state index >= 15 is 0 Å². The average Bonchev–Trinajstić information content (AvgIpc) is 2.61. The quantitative estimate of drug-likeness (QED) is 0.757. The Kier molecular flexibility index (Phi) is 6.25. The van der Waals surface area contributed by atoms with Gasteiger partial charge in [0.2, 0.25) is 0 Å². The van der Waals surface area contributed by atoms with Gasteiger partial charge in [-0.05, 0) is 39.1 Å². The van der Waals surface area contributed by atoms with E-state index in [0.29, 0.717) is 35.3 Å². The number of allylic oxidation sites excluding steroid dienone is 1. The first-order chi connectivity index (χ1) is 12.0. The van der Waals surface area contributed by atoms with Crippen molar-refractivity contribution in [3.05, 3.63) is 35.0 Å². The Balaban J connectivity index is 2.59. The number of para-hydroxylation sites is 1. The summed E-state index contributed by atoms with van der Waals surface area (Å²) >= 11 is 5.31. The summed E-state index contributed by atoms with van der Waals surface area (Å²) in [6.07, 6.45) is 0. The van der Waals surface area contributed by atoms with Crippen LogP contribution in [0.4, 0.5) is 0 Å². The Labute approximate surface area is 154 Å². The normalized spacial score (nSPS) is 16.8. The summed E-state index contributed by atoms with van der Waals surface area (Å²) in [5.74, 6) is 1.17. The second-order valence-electron chi connectivity index (χ2n) is 5.63. The highest BCUT2D eigenvalue weighted by molar-refractivity contribution is 7.80. The van der Waals surface area contributed by atoms with Crippen LogP contribution in [0.25, 0.3) is 0 Å². The van der Waals surface area contributed by atoms with E-state index in [1.54, 1.807) is 19.1 Å². The van der Waals surface area contributed by atoms with Crippen LogP contribution in [0.5, 0.6) is 11.5 Å². The fourth-order valence-electron chi connectivity index (χ4n) is 3.03. The number of rotatable bonds is 6. The number of ether oxygens (including phenoxy) is 2. The highest BCUT2D eigenvalue weighted by atomic mass is 32.1. The third-order valence-corrected chi connectivity index (χ3v) is 4.51. The number of benzene rings is 1. The maximum Gasteiger partial charge on any atom is 0.253 e. The van der Waals surface area contributed by atoms with Gasteiger partial charge in [0.25, 0.3) is 5.91 Å². The van der Waals surface area contributed by atoms with Crippen LogP contribution in [-0.2, 0) is 4.79 Å². The van der Waals surface area contributed by atoms with E-state index in [-0.39, 0.29) is 5.91 Å².